The Morgan fingerprint density at radius 2 is 2.12 bits per heavy atom. The van der Waals surface area contributed by atoms with Crippen LogP contribution >= 0.6 is 11.6 Å². The first kappa shape index (κ1) is 13.3. The third-order valence-electron chi connectivity index (χ3n) is 1.94. The first-order valence-electron chi connectivity index (χ1n) is 4.77. The monoisotopic (exact) mass is 265 g/mol. The molecule has 1 aromatic rings. The highest BCUT2D eigenvalue weighted by Crippen LogP contribution is 2.16. The van der Waals surface area contributed by atoms with Crippen LogP contribution in [0.25, 0.3) is 0 Å². The third-order valence-corrected chi connectivity index (χ3v) is 3.56. The van der Waals surface area contributed by atoms with Crippen LogP contribution in [0.15, 0.2) is 18.2 Å². The summed E-state index contributed by atoms with van der Waals surface area (Å²) in [5.74, 6) is -0.421. The Bertz CT molecular complexity index is 462. The number of nitrogens with one attached hydrogen (secondary N) is 1. The maximum absolute atomic E-state index is 13.3. The molecule has 0 aliphatic heterocycles. The molecule has 16 heavy (non-hydrogen) atoms. The van der Waals surface area contributed by atoms with Gasteiger partial charge in [-0.3, -0.25) is 4.72 Å². The smallest absolute Gasteiger partial charge is 0.232 e. The topological polar surface area (TPSA) is 46.2 Å². The predicted octanol–water partition coefficient (Wildman–Crippen LogP) is 2.50. The van der Waals surface area contributed by atoms with Crippen LogP contribution in [0, 0.1) is 12.7 Å². The van der Waals surface area contributed by atoms with Crippen molar-refractivity contribution in [3.05, 3.63) is 29.6 Å². The van der Waals surface area contributed by atoms with E-state index in [0.717, 1.165) is 5.56 Å². The summed E-state index contributed by atoms with van der Waals surface area (Å²) in [5, 5.41) is 0. The molecule has 0 aromatic heterocycles. The van der Waals surface area contributed by atoms with Gasteiger partial charge in [-0.05, 0) is 31.0 Å². The van der Waals surface area contributed by atoms with Crippen LogP contribution < -0.4 is 4.72 Å². The van der Waals surface area contributed by atoms with Crippen molar-refractivity contribution in [2.24, 2.45) is 0 Å². The van der Waals surface area contributed by atoms with Crippen molar-refractivity contribution in [1.82, 2.24) is 0 Å². The Kier molecular flexibility index (Phi) is 4.56. The summed E-state index contributed by atoms with van der Waals surface area (Å²) in [7, 11) is -3.51. The van der Waals surface area contributed by atoms with Crippen molar-refractivity contribution in [3.8, 4) is 0 Å². The standard InChI is InChI=1S/C10H13ClFNO2S/c1-8-3-4-10(9(12)7-8)13-16(14,15)6-2-5-11/h3-4,7,13H,2,5-6H2,1H3. The number of alkyl halides is 1. The highest BCUT2D eigenvalue weighted by atomic mass is 35.5. The van der Waals surface area contributed by atoms with Crippen molar-refractivity contribution >= 4 is 27.3 Å². The van der Waals surface area contributed by atoms with Gasteiger partial charge in [0.25, 0.3) is 0 Å². The number of anilines is 1. The largest absolute Gasteiger partial charge is 0.281 e. The van der Waals surface area contributed by atoms with Crippen LogP contribution in [0.2, 0.25) is 0 Å². The van der Waals surface area contributed by atoms with Gasteiger partial charge in [-0.2, -0.15) is 0 Å². The van der Waals surface area contributed by atoms with Gasteiger partial charge in [0, 0.05) is 5.88 Å². The van der Waals surface area contributed by atoms with E-state index in [1.807, 2.05) is 0 Å². The quantitative estimate of drug-likeness (QED) is 0.832. The second kappa shape index (κ2) is 5.50. The number of aryl methyl sites for hydroxylation is 1. The molecule has 0 heterocycles. The lowest BCUT2D eigenvalue weighted by molar-refractivity contribution is 0.597. The van der Waals surface area contributed by atoms with Gasteiger partial charge in [-0.25, -0.2) is 12.8 Å². The summed E-state index contributed by atoms with van der Waals surface area (Å²) < 4.78 is 38.5. The Balaban J connectivity index is 2.80. The lowest BCUT2D eigenvalue weighted by Crippen LogP contribution is -2.17. The Morgan fingerprint density at radius 3 is 2.69 bits per heavy atom. The van der Waals surface area contributed by atoms with E-state index < -0.39 is 15.8 Å². The molecule has 0 unspecified atom stereocenters. The number of hydrogen-bond donors (Lipinski definition) is 1. The highest BCUT2D eigenvalue weighted by Gasteiger charge is 2.12. The summed E-state index contributed by atoms with van der Waals surface area (Å²) >= 11 is 5.40. The number of sulfonamides is 1. The molecule has 0 fully saturated rings. The molecule has 0 saturated heterocycles. The maximum atomic E-state index is 13.3. The van der Waals surface area contributed by atoms with E-state index in [9.17, 15) is 12.8 Å². The Labute approximate surface area is 99.7 Å². The van der Waals surface area contributed by atoms with Gasteiger partial charge in [0.05, 0.1) is 11.4 Å². The molecule has 0 aliphatic rings. The van der Waals surface area contributed by atoms with E-state index in [2.05, 4.69) is 4.72 Å². The van der Waals surface area contributed by atoms with Gasteiger partial charge in [-0.1, -0.05) is 6.07 Å². The molecular formula is C10H13ClFNO2S. The number of hydrogen-bond acceptors (Lipinski definition) is 2. The van der Waals surface area contributed by atoms with Crippen LogP contribution in [-0.4, -0.2) is 20.1 Å². The average Bonchev–Trinajstić information content (AvgIpc) is 2.19. The molecule has 0 saturated carbocycles. The summed E-state index contributed by atoms with van der Waals surface area (Å²) in [6.07, 6.45) is 0.338. The Hall–Kier alpha value is -0.810. The normalized spacial score (nSPS) is 11.4. The van der Waals surface area contributed by atoms with Crippen molar-refractivity contribution in [3.63, 3.8) is 0 Å². The van der Waals surface area contributed by atoms with Gasteiger partial charge in [-0.15, -0.1) is 11.6 Å². The van der Waals surface area contributed by atoms with Crippen LogP contribution in [-0.2, 0) is 10.0 Å². The van der Waals surface area contributed by atoms with Gasteiger partial charge >= 0.3 is 0 Å². The summed E-state index contributed by atoms with van der Waals surface area (Å²) in [6.45, 7) is 1.73. The number of rotatable bonds is 5. The first-order chi connectivity index (χ1) is 7.44. The molecule has 1 N–H and O–H groups in total. The van der Waals surface area contributed by atoms with E-state index in [4.69, 9.17) is 11.6 Å². The lowest BCUT2D eigenvalue weighted by atomic mass is 10.2. The van der Waals surface area contributed by atoms with E-state index in [-0.39, 0.29) is 17.3 Å². The minimum Gasteiger partial charge on any atom is -0.281 e. The molecule has 0 atom stereocenters. The van der Waals surface area contributed by atoms with Crippen molar-refractivity contribution in [2.45, 2.75) is 13.3 Å². The second-order valence-corrected chi connectivity index (χ2v) is 5.67. The molecule has 3 nitrogen and oxygen atoms in total. The third kappa shape index (κ3) is 3.98. The highest BCUT2D eigenvalue weighted by molar-refractivity contribution is 7.92. The van der Waals surface area contributed by atoms with Crippen LogP contribution in [0.3, 0.4) is 0 Å². The molecule has 90 valence electrons. The summed E-state index contributed by atoms with van der Waals surface area (Å²) in [4.78, 5) is 0. The first-order valence-corrected chi connectivity index (χ1v) is 6.96. The van der Waals surface area contributed by atoms with Crippen molar-refractivity contribution < 1.29 is 12.8 Å². The molecule has 6 heteroatoms. The minimum absolute atomic E-state index is 0.0276. The molecule has 0 amide bonds. The van der Waals surface area contributed by atoms with Gasteiger partial charge in [0.2, 0.25) is 10.0 Å². The zero-order valence-corrected chi connectivity index (χ0v) is 10.4. The fourth-order valence-electron chi connectivity index (χ4n) is 1.17. The van der Waals surface area contributed by atoms with Crippen molar-refractivity contribution in [1.29, 1.82) is 0 Å². The van der Waals surface area contributed by atoms with Gasteiger partial charge < -0.3 is 0 Å². The zero-order chi connectivity index (χ0) is 12.2. The fraction of sp³-hybridized carbons (Fsp3) is 0.400. The van der Waals surface area contributed by atoms with Crippen LogP contribution in [0.1, 0.15) is 12.0 Å². The predicted molar refractivity (Wildman–Crippen MR) is 63.9 cm³/mol. The fourth-order valence-corrected chi connectivity index (χ4v) is 2.59. The van der Waals surface area contributed by atoms with E-state index in [1.54, 1.807) is 13.0 Å². The zero-order valence-electron chi connectivity index (χ0n) is 8.83. The maximum Gasteiger partial charge on any atom is 0.232 e. The molecule has 0 spiro atoms. The van der Waals surface area contributed by atoms with Gasteiger partial charge in [0.1, 0.15) is 5.82 Å². The minimum atomic E-state index is -3.51. The van der Waals surface area contributed by atoms with E-state index in [1.165, 1.54) is 12.1 Å². The molecule has 0 aliphatic carbocycles. The van der Waals surface area contributed by atoms with Crippen molar-refractivity contribution in [2.75, 3.05) is 16.4 Å². The molecule has 1 aromatic carbocycles. The second-order valence-electron chi connectivity index (χ2n) is 3.45. The van der Waals surface area contributed by atoms with Crippen LogP contribution in [0.4, 0.5) is 10.1 Å². The number of benzene rings is 1. The lowest BCUT2D eigenvalue weighted by Gasteiger charge is -2.08. The van der Waals surface area contributed by atoms with Gasteiger partial charge in [0.15, 0.2) is 0 Å². The number of halogens is 2. The molecule has 0 bridgehead atoms. The SMILES string of the molecule is Cc1ccc(NS(=O)(=O)CCCCl)c(F)c1. The van der Waals surface area contributed by atoms with E-state index >= 15 is 0 Å². The average molecular weight is 266 g/mol. The molecule has 0 radical (unpaired) electrons. The van der Waals surface area contributed by atoms with Crippen LogP contribution in [0.5, 0.6) is 0 Å². The van der Waals surface area contributed by atoms with E-state index in [0.29, 0.717) is 6.42 Å². The molecular weight excluding hydrogens is 253 g/mol. The molecule has 1 rings (SSSR count). The Morgan fingerprint density at radius 1 is 1.44 bits per heavy atom. The summed E-state index contributed by atoms with van der Waals surface area (Å²) in [5.41, 5.74) is 0.710. The summed E-state index contributed by atoms with van der Waals surface area (Å²) in [6, 6.07) is 4.32.